The van der Waals surface area contributed by atoms with Gasteiger partial charge in [0, 0.05) is 0 Å². The summed E-state index contributed by atoms with van der Waals surface area (Å²) in [4.78, 5) is 21.4. The predicted molar refractivity (Wildman–Crippen MR) is 39.4 cm³/mol. The fourth-order valence-corrected chi connectivity index (χ4v) is 0.948. The summed E-state index contributed by atoms with van der Waals surface area (Å²) in [6.45, 7) is 0. The summed E-state index contributed by atoms with van der Waals surface area (Å²) in [5, 5.41) is 19.6. The van der Waals surface area contributed by atoms with Crippen LogP contribution >= 0.6 is 23.2 Å². The van der Waals surface area contributed by atoms with E-state index in [0.29, 0.717) is 0 Å². The summed E-state index contributed by atoms with van der Waals surface area (Å²) < 4.78 is 0. The van der Waals surface area contributed by atoms with E-state index in [-0.39, 0.29) is 64.6 Å². The van der Waals surface area contributed by atoms with Crippen molar-refractivity contribution in [3.05, 3.63) is 21.6 Å². The zero-order valence-electron chi connectivity index (χ0n) is 7.89. The average Bonchev–Trinajstić information content (AvgIpc) is 2.08. The van der Waals surface area contributed by atoms with Gasteiger partial charge in [-0.25, -0.2) is 0 Å². The number of halogens is 2. The Hall–Kier alpha value is 0.960. The topological polar surface area (TPSA) is 112 Å². The largest absolute Gasteiger partial charge is 1.00 e. The van der Waals surface area contributed by atoms with Crippen LogP contribution in [0.3, 0.4) is 0 Å². The summed E-state index contributed by atoms with van der Waals surface area (Å²) in [6, 6.07) is 0. The molecular formula is C6H2Cl2Na2O5. The number of rotatable bonds is 0. The average molecular weight is 271 g/mol. The van der Waals surface area contributed by atoms with Crippen LogP contribution in [0.15, 0.2) is 21.6 Å². The van der Waals surface area contributed by atoms with Crippen molar-refractivity contribution >= 4 is 34.8 Å². The number of ketones is 2. The van der Waals surface area contributed by atoms with Crippen LogP contribution in [-0.2, 0) is 9.59 Å². The van der Waals surface area contributed by atoms with Crippen LogP contribution in [0.25, 0.3) is 0 Å². The molecule has 0 bridgehead atoms. The van der Waals surface area contributed by atoms with E-state index in [0.717, 1.165) is 0 Å². The molecule has 0 saturated heterocycles. The zero-order chi connectivity index (χ0) is 9.46. The second-order valence-electron chi connectivity index (χ2n) is 1.94. The molecule has 0 aromatic rings. The Bertz CT molecular complexity index is 287. The standard InChI is InChI=1S/C6H2Cl2O4.2Na.H2O/c7-1-3(9)5(11)2(8)6(12)4(1)10;;;/h9,12H;;;1H2/q;2*+1;/p-2. The van der Waals surface area contributed by atoms with Crippen LogP contribution < -0.4 is 69.3 Å². The maximum Gasteiger partial charge on any atom is 1.00 e. The van der Waals surface area contributed by atoms with Gasteiger partial charge < -0.3 is 15.7 Å². The minimum absolute atomic E-state index is 0. The van der Waals surface area contributed by atoms with Crippen LogP contribution in [0, 0.1) is 0 Å². The molecule has 0 atom stereocenters. The van der Waals surface area contributed by atoms with Crippen molar-refractivity contribution in [2.24, 2.45) is 0 Å². The first-order chi connectivity index (χ1) is 5.46. The summed E-state index contributed by atoms with van der Waals surface area (Å²) in [5.74, 6) is -4.92. The Morgan fingerprint density at radius 3 is 1.20 bits per heavy atom. The molecule has 0 aromatic carbocycles. The van der Waals surface area contributed by atoms with Gasteiger partial charge in [0.2, 0.25) is 0 Å². The minimum Gasteiger partial charge on any atom is -0.869 e. The van der Waals surface area contributed by atoms with Gasteiger partial charge in [-0.1, -0.05) is 23.2 Å². The number of Topliss-reactive ketones (excluding diaryl/α,β-unsaturated/α-hetero) is 2. The molecule has 72 valence electrons. The molecule has 0 amide bonds. The zero-order valence-corrected chi connectivity index (χ0v) is 13.4. The van der Waals surface area contributed by atoms with E-state index < -0.39 is 33.1 Å². The number of allylic oxidation sites excluding steroid dienone is 2. The van der Waals surface area contributed by atoms with Crippen LogP contribution in [0.5, 0.6) is 0 Å². The molecule has 0 aromatic heterocycles. The van der Waals surface area contributed by atoms with Crippen molar-refractivity contribution in [1.82, 2.24) is 0 Å². The quantitative estimate of drug-likeness (QED) is 0.321. The maximum atomic E-state index is 10.7. The first-order valence-electron chi connectivity index (χ1n) is 2.69. The summed E-state index contributed by atoms with van der Waals surface area (Å²) >= 11 is 10.2. The Morgan fingerprint density at radius 1 is 0.800 bits per heavy atom. The molecule has 0 fully saturated rings. The molecule has 1 aliphatic rings. The number of carbonyl (C=O) groups is 2. The fraction of sp³-hybridized carbons (Fsp3) is 0. The molecule has 0 aliphatic heterocycles. The van der Waals surface area contributed by atoms with Crippen LogP contribution in [0.1, 0.15) is 0 Å². The molecule has 0 heterocycles. The molecule has 0 spiro atoms. The fourth-order valence-electron chi connectivity index (χ4n) is 0.605. The van der Waals surface area contributed by atoms with Crippen molar-refractivity contribution in [3.8, 4) is 0 Å². The van der Waals surface area contributed by atoms with Crippen LogP contribution in [0.4, 0.5) is 0 Å². The summed E-state index contributed by atoms with van der Waals surface area (Å²) in [6.07, 6.45) is 0. The van der Waals surface area contributed by atoms with Gasteiger partial charge in [0.25, 0.3) is 0 Å². The SMILES string of the molecule is O.O=C1C([O-])=C(Cl)C(=O)C([O-])=C1Cl.[Na+].[Na+]. The molecule has 1 aliphatic carbocycles. The maximum absolute atomic E-state index is 10.7. The molecule has 0 radical (unpaired) electrons. The van der Waals surface area contributed by atoms with Crippen molar-refractivity contribution in [1.29, 1.82) is 0 Å². The summed E-state index contributed by atoms with van der Waals surface area (Å²) in [5.41, 5.74) is 0. The predicted octanol–water partition coefficient (Wildman–Crippen LogP) is -8.06. The van der Waals surface area contributed by atoms with Gasteiger partial charge in [-0.05, 0) is 11.5 Å². The van der Waals surface area contributed by atoms with E-state index in [1.807, 2.05) is 0 Å². The van der Waals surface area contributed by atoms with Crippen molar-refractivity contribution < 1.29 is 84.4 Å². The van der Waals surface area contributed by atoms with Gasteiger partial charge in [-0.3, -0.25) is 9.59 Å². The normalized spacial score (nSPS) is 15.3. The number of carbonyl (C=O) groups excluding carboxylic acids is 2. The van der Waals surface area contributed by atoms with E-state index in [9.17, 15) is 19.8 Å². The Kier molecular flexibility index (Phi) is 11.5. The van der Waals surface area contributed by atoms with E-state index in [4.69, 9.17) is 23.2 Å². The monoisotopic (exact) mass is 270 g/mol. The summed E-state index contributed by atoms with van der Waals surface area (Å²) in [7, 11) is 0. The second-order valence-corrected chi connectivity index (χ2v) is 2.70. The van der Waals surface area contributed by atoms with Gasteiger partial charge in [-0.2, -0.15) is 0 Å². The van der Waals surface area contributed by atoms with Gasteiger partial charge in [0.05, 0.1) is 10.1 Å². The molecule has 0 unspecified atom stereocenters. The number of hydrogen-bond acceptors (Lipinski definition) is 4. The molecule has 0 saturated carbocycles. The molecular weight excluding hydrogens is 269 g/mol. The van der Waals surface area contributed by atoms with Crippen LogP contribution in [-0.4, -0.2) is 17.0 Å². The smallest absolute Gasteiger partial charge is 0.869 e. The van der Waals surface area contributed by atoms with Crippen molar-refractivity contribution in [2.45, 2.75) is 0 Å². The molecule has 1 rings (SSSR count). The van der Waals surface area contributed by atoms with Crippen molar-refractivity contribution in [3.63, 3.8) is 0 Å². The second kappa shape index (κ2) is 8.11. The molecule has 15 heavy (non-hydrogen) atoms. The van der Waals surface area contributed by atoms with Crippen LogP contribution in [0.2, 0.25) is 0 Å². The third-order valence-corrected chi connectivity index (χ3v) is 1.90. The van der Waals surface area contributed by atoms with Gasteiger partial charge in [0.15, 0.2) is 11.6 Å². The Morgan fingerprint density at radius 2 is 1.00 bits per heavy atom. The Labute approximate surface area is 139 Å². The van der Waals surface area contributed by atoms with E-state index in [1.165, 1.54) is 0 Å². The first kappa shape index (κ1) is 21.3. The van der Waals surface area contributed by atoms with Gasteiger partial charge in [-0.15, -0.1) is 0 Å². The minimum atomic E-state index is -1.23. The van der Waals surface area contributed by atoms with E-state index in [1.54, 1.807) is 0 Å². The molecule has 9 heteroatoms. The molecule has 5 nitrogen and oxygen atoms in total. The molecule has 2 N–H and O–H groups in total. The number of hydrogen-bond donors (Lipinski definition) is 0. The first-order valence-corrected chi connectivity index (χ1v) is 3.45. The van der Waals surface area contributed by atoms with Gasteiger partial charge in [0.1, 0.15) is 0 Å². The third kappa shape index (κ3) is 4.03. The third-order valence-electron chi connectivity index (χ3n) is 1.21. The van der Waals surface area contributed by atoms with Crippen molar-refractivity contribution in [2.75, 3.05) is 0 Å². The van der Waals surface area contributed by atoms with E-state index >= 15 is 0 Å². The van der Waals surface area contributed by atoms with Gasteiger partial charge >= 0.3 is 59.1 Å². The van der Waals surface area contributed by atoms with E-state index in [2.05, 4.69) is 0 Å². The Balaban J connectivity index is -0.000000480.